The molecule has 1 N–H and O–H groups in total. The first-order valence-corrected chi connectivity index (χ1v) is 9.02. The predicted octanol–water partition coefficient (Wildman–Crippen LogP) is 3.36. The maximum atomic E-state index is 11.6. The SMILES string of the molecule is CCCOCCCCOCCCNC(=O)CCCC(=O)C(C)C.[HH]. The zero-order chi connectivity index (χ0) is 17.3. The van der Waals surface area contributed by atoms with Crippen LogP contribution < -0.4 is 5.32 Å². The molecule has 0 radical (unpaired) electrons. The van der Waals surface area contributed by atoms with Crippen molar-refractivity contribution in [2.45, 2.75) is 65.7 Å². The number of hydrogen-bond acceptors (Lipinski definition) is 4. The van der Waals surface area contributed by atoms with Crippen molar-refractivity contribution in [3.63, 3.8) is 0 Å². The van der Waals surface area contributed by atoms with Gasteiger partial charge in [0.1, 0.15) is 5.78 Å². The van der Waals surface area contributed by atoms with Crippen LogP contribution in [0.2, 0.25) is 0 Å². The fraction of sp³-hybridized carbons (Fsp3) is 0.889. The number of carbonyl (C=O) groups is 2. The highest BCUT2D eigenvalue weighted by molar-refractivity contribution is 5.81. The number of amides is 1. The normalized spacial score (nSPS) is 11.0. The Kier molecular flexibility index (Phi) is 15.3. The minimum atomic E-state index is 0. The van der Waals surface area contributed by atoms with E-state index in [4.69, 9.17) is 9.47 Å². The number of rotatable bonds is 16. The second kappa shape index (κ2) is 15.9. The quantitative estimate of drug-likeness (QED) is 0.441. The Labute approximate surface area is 143 Å². The van der Waals surface area contributed by atoms with Crippen molar-refractivity contribution in [1.29, 1.82) is 0 Å². The van der Waals surface area contributed by atoms with Crippen LogP contribution in [-0.4, -0.2) is 44.7 Å². The number of hydrogen-bond donors (Lipinski definition) is 1. The van der Waals surface area contributed by atoms with E-state index in [-0.39, 0.29) is 19.0 Å². The van der Waals surface area contributed by atoms with E-state index in [9.17, 15) is 9.59 Å². The highest BCUT2D eigenvalue weighted by Crippen LogP contribution is 2.04. The van der Waals surface area contributed by atoms with E-state index in [2.05, 4.69) is 12.2 Å². The van der Waals surface area contributed by atoms with E-state index in [0.29, 0.717) is 32.4 Å². The van der Waals surface area contributed by atoms with Gasteiger partial charge in [-0.3, -0.25) is 9.59 Å². The Balaban J connectivity index is 0. The van der Waals surface area contributed by atoms with Crippen LogP contribution in [0.1, 0.15) is 67.1 Å². The molecule has 0 atom stereocenters. The summed E-state index contributed by atoms with van der Waals surface area (Å²) in [6.45, 7) is 9.59. The second-order valence-electron chi connectivity index (χ2n) is 6.11. The van der Waals surface area contributed by atoms with E-state index < -0.39 is 0 Å². The summed E-state index contributed by atoms with van der Waals surface area (Å²) in [5, 5.41) is 2.86. The van der Waals surface area contributed by atoms with Crippen LogP contribution in [0, 0.1) is 5.92 Å². The lowest BCUT2D eigenvalue weighted by atomic mass is 10.0. The summed E-state index contributed by atoms with van der Waals surface area (Å²) in [5.74, 6) is 0.314. The molecule has 0 unspecified atom stereocenters. The van der Waals surface area contributed by atoms with Crippen LogP contribution in [0.5, 0.6) is 0 Å². The molecule has 0 aromatic heterocycles. The summed E-state index contributed by atoms with van der Waals surface area (Å²) in [4.78, 5) is 23.0. The van der Waals surface area contributed by atoms with E-state index in [1.165, 1.54) is 0 Å². The second-order valence-corrected chi connectivity index (χ2v) is 6.11. The molecule has 0 aromatic carbocycles. The Morgan fingerprint density at radius 2 is 1.52 bits per heavy atom. The zero-order valence-electron chi connectivity index (χ0n) is 15.2. The Morgan fingerprint density at radius 3 is 2.13 bits per heavy atom. The predicted molar refractivity (Wildman–Crippen MR) is 94.6 cm³/mol. The molecule has 5 heteroatoms. The number of Topliss-reactive ketones (excluding diaryl/α,β-unsaturated/α-hetero) is 1. The van der Waals surface area contributed by atoms with Crippen molar-refractivity contribution in [3.8, 4) is 0 Å². The molecule has 1 amide bonds. The summed E-state index contributed by atoms with van der Waals surface area (Å²) in [5.41, 5.74) is 0. The van der Waals surface area contributed by atoms with Gasteiger partial charge >= 0.3 is 0 Å². The molecule has 0 fully saturated rings. The zero-order valence-corrected chi connectivity index (χ0v) is 15.2. The molecule has 0 rings (SSSR count). The first-order valence-electron chi connectivity index (χ1n) is 9.02. The first-order chi connectivity index (χ1) is 11.1. The minimum Gasteiger partial charge on any atom is -0.381 e. The summed E-state index contributed by atoms with van der Waals surface area (Å²) in [6.07, 6.45) is 5.50. The third-order valence-electron chi connectivity index (χ3n) is 3.43. The maximum Gasteiger partial charge on any atom is 0.220 e. The lowest BCUT2D eigenvalue weighted by molar-refractivity contribution is -0.122. The van der Waals surface area contributed by atoms with Gasteiger partial charge in [-0.15, -0.1) is 0 Å². The lowest BCUT2D eigenvalue weighted by Gasteiger charge is -2.07. The van der Waals surface area contributed by atoms with Gasteiger partial charge < -0.3 is 14.8 Å². The number of unbranched alkanes of at least 4 members (excludes halogenated alkanes) is 1. The van der Waals surface area contributed by atoms with Crippen LogP contribution in [0.4, 0.5) is 0 Å². The van der Waals surface area contributed by atoms with Gasteiger partial charge in [0.25, 0.3) is 0 Å². The largest absolute Gasteiger partial charge is 0.381 e. The molecule has 5 nitrogen and oxygen atoms in total. The van der Waals surface area contributed by atoms with Crippen LogP contribution in [0.3, 0.4) is 0 Å². The molecule has 0 aliphatic rings. The van der Waals surface area contributed by atoms with Gasteiger partial charge in [0.15, 0.2) is 0 Å². The fourth-order valence-corrected chi connectivity index (χ4v) is 1.96. The Hall–Kier alpha value is -0.940. The van der Waals surface area contributed by atoms with Crippen molar-refractivity contribution >= 4 is 11.7 Å². The van der Waals surface area contributed by atoms with Gasteiger partial charge in [-0.25, -0.2) is 0 Å². The third-order valence-corrected chi connectivity index (χ3v) is 3.43. The van der Waals surface area contributed by atoms with Crippen molar-refractivity contribution in [2.24, 2.45) is 5.92 Å². The number of ketones is 1. The monoisotopic (exact) mass is 331 g/mol. The highest BCUT2D eigenvalue weighted by atomic mass is 16.5. The van der Waals surface area contributed by atoms with Crippen molar-refractivity contribution in [1.82, 2.24) is 5.32 Å². The van der Waals surface area contributed by atoms with Gasteiger partial charge in [0.2, 0.25) is 5.91 Å². The summed E-state index contributed by atoms with van der Waals surface area (Å²) in [6, 6.07) is 0. The standard InChI is InChI=1S/C18H35NO4.H2/c1-4-12-22-13-5-6-14-23-15-8-11-19-18(21)10-7-9-17(20)16(2)3;/h16H,4-15H2,1-3H3,(H,19,21);1H. The average Bonchev–Trinajstić information content (AvgIpc) is 2.52. The van der Waals surface area contributed by atoms with Crippen molar-refractivity contribution in [2.75, 3.05) is 33.0 Å². The number of carbonyl (C=O) groups excluding carboxylic acids is 2. The smallest absolute Gasteiger partial charge is 0.220 e. The lowest BCUT2D eigenvalue weighted by Crippen LogP contribution is -2.25. The molecular weight excluding hydrogens is 294 g/mol. The van der Waals surface area contributed by atoms with Crippen LogP contribution in [0.25, 0.3) is 0 Å². The molecule has 0 bridgehead atoms. The average molecular weight is 331 g/mol. The third kappa shape index (κ3) is 15.7. The molecular formula is C18H37NO4. The van der Waals surface area contributed by atoms with Crippen LogP contribution >= 0.6 is 0 Å². The molecule has 138 valence electrons. The Morgan fingerprint density at radius 1 is 0.913 bits per heavy atom. The van der Waals surface area contributed by atoms with E-state index in [1.54, 1.807) is 0 Å². The summed E-state index contributed by atoms with van der Waals surface area (Å²) >= 11 is 0. The minimum absolute atomic E-state index is 0. The topological polar surface area (TPSA) is 64.6 Å². The molecule has 0 saturated heterocycles. The molecule has 0 aliphatic heterocycles. The van der Waals surface area contributed by atoms with E-state index in [0.717, 1.165) is 45.5 Å². The number of ether oxygens (including phenoxy) is 2. The fourth-order valence-electron chi connectivity index (χ4n) is 1.96. The van der Waals surface area contributed by atoms with Gasteiger partial charge in [0, 0.05) is 53.2 Å². The molecule has 0 heterocycles. The maximum absolute atomic E-state index is 11.6. The van der Waals surface area contributed by atoms with Crippen LogP contribution in [-0.2, 0) is 19.1 Å². The van der Waals surface area contributed by atoms with Crippen molar-refractivity contribution < 1.29 is 20.5 Å². The van der Waals surface area contributed by atoms with Crippen molar-refractivity contribution in [3.05, 3.63) is 0 Å². The summed E-state index contributed by atoms with van der Waals surface area (Å²) < 4.78 is 10.9. The van der Waals surface area contributed by atoms with Crippen LogP contribution in [0.15, 0.2) is 0 Å². The Bertz CT molecular complexity index is 311. The van der Waals surface area contributed by atoms with Gasteiger partial charge in [-0.05, 0) is 32.1 Å². The molecule has 0 saturated carbocycles. The van der Waals surface area contributed by atoms with Gasteiger partial charge in [0.05, 0.1) is 0 Å². The molecule has 0 spiro atoms. The highest BCUT2D eigenvalue weighted by Gasteiger charge is 2.08. The molecule has 23 heavy (non-hydrogen) atoms. The summed E-state index contributed by atoms with van der Waals surface area (Å²) in [7, 11) is 0. The molecule has 0 aromatic rings. The van der Waals surface area contributed by atoms with Gasteiger partial charge in [-0.2, -0.15) is 0 Å². The van der Waals surface area contributed by atoms with E-state index in [1.807, 2.05) is 13.8 Å². The first kappa shape index (κ1) is 22.1. The van der Waals surface area contributed by atoms with Gasteiger partial charge in [-0.1, -0.05) is 20.8 Å². The van der Waals surface area contributed by atoms with E-state index >= 15 is 0 Å². The molecule has 0 aliphatic carbocycles. The number of nitrogens with one attached hydrogen (secondary N) is 1.